The van der Waals surface area contributed by atoms with E-state index >= 15 is 0 Å². The molecule has 1 amide bonds. The van der Waals surface area contributed by atoms with E-state index in [0.29, 0.717) is 22.2 Å². The molecule has 1 aliphatic rings. The highest BCUT2D eigenvalue weighted by Gasteiger charge is 2.33. The summed E-state index contributed by atoms with van der Waals surface area (Å²) in [6.45, 7) is 0.393. The van der Waals surface area contributed by atoms with Gasteiger partial charge in [-0.25, -0.2) is 4.99 Å². The Morgan fingerprint density at radius 2 is 1.67 bits per heavy atom. The fourth-order valence-electron chi connectivity index (χ4n) is 2.99. The van der Waals surface area contributed by atoms with E-state index in [0.717, 1.165) is 11.3 Å². The summed E-state index contributed by atoms with van der Waals surface area (Å²) >= 11 is 1.27. The highest BCUT2D eigenvalue weighted by molar-refractivity contribution is 8.18. The number of non-ortho nitro benzene ring substituents is 1. The summed E-state index contributed by atoms with van der Waals surface area (Å²) in [7, 11) is 0. The maximum atomic E-state index is 13.2. The summed E-state index contributed by atoms with van der Waals surface area (Å²) in [6, 6.07) is 25.4. The fourth-order valence-corrected chi connectivity index (χ4v) is 3.99. The third kappa shape index (κ3) is 4.47. The molecule has 0 spiro atoms. The highest BCUT2D eigenvalue weighted by atomic mass is 32.2. The molecule has 0 atom stereocenters. The van der Waals surface area contributed by atoms with Gasteiger partial charge in [-0.05, 0) is 41.1 Å². The molecule has 148 valence electrons. The molecule has 0 bridgehead atoms. The molecule has 1 saturated heterocycles. The zero-order chi connectivity index (χ0) is 20.9. The lowest BCUT2D eigenvalue weighted by Crippen LogP contribution is -2.28. The molecule has 0 N–H and O–H groups in total. The molecule has 3 aromatic rings. The lowest BCUT2D eigenvalue weighted by atomic mass is 10.2. The van der Waals surface area contributed by atoms with Gasteiger partial charge in [-0.3, -0.25) is 19.8 Å². The minimum atomic E-state index is -0.449. The molecule has 6 nitrogen and oxygen atoms in total. The van der Waals surface area contributed by atoms with Crippen LogP contribution in [0, 0.1) is 10.1 Å². The first-order valence-corrected chi connectivity index (χ1v) is 10.1. The van der Waals surface area contributed by atoms with E-state index < -0.39 is 4.92 Å². The van der Waals surface area contributed by atoms with Crippen LogP contribution in [0.3, 0.4) is 0 Å². The Hall–Kier alpha value is -3.71. The van der Waals surface area contributed by atoms with Gasteiger partial charge < -0.3 is 0 Å². The molecule has 0 saturated carbocycles. The SMILES string of the molecule is O=C1/C(=C\c2cccc([N+](=O)[O-])c2)SC(=Nc2ccccc2)N1Cc1ccccc1. The van der Waals surface area contributed by atoms with Gasteiger partial charge in [-0.15, -0.1) is 0 Å². The maximum Gasteiger partial charge on any atom is 0.270 e. The molecule has 3 aromatic carbocycles. The molecule has 7 heteroatoms. The van der Waals surface area contributed by atoms with E-state index in [9.17, 15) is 14.9 Å². The summed E-state index contributed by atoms with van der Waals surface area (Å²) in [6.07, 6.45) is 1.67. The number of para-hydroxylation sites is 1. The van der Waals surface area contributed by atoms with Crippen LogP contribution in [0.1, 0.15) is 11.1 Å². The molecule has 0 radical (unpaired) electrons. The summed E-state index contributed by atoms with van der Waals surface area (Å²) < 4.78 is 0. The zero-order valence-corrected chi connectivity index (χ0v) is 16.7. The van der Waals surface area contributed by atoms with E-state index in [1.54, 1.807) is 23.1 Å². The summed E-state index contributed by atoms with van der Waals surface area (Å²) in [5.41, 5.74) is 2.33. The van der Waals surface area contributed by atoms with Gasteiger partial charge in [0.25, 0.3) is 11.6 Å². The van der Waals surface area contributed by atoms with Crippen molar-refractivity contribution in [1.29, 1.82) is 0 Å². The lowest BCUT2D eigenvalue weighted by molar-refractivity contribution is -0.384. The van der Waals surface area contributed by atoms with Crippen molar-refractivity contribution >= 4 is 40.3 Å². The molecule has 1 aliphatic heterocycles. The summed E-state index contributed by atoms with van der Waals surface area (Å²) in [5.74, 6) is -0.176. The van der Waals surface area contributed by atoms with E-state index in [4.69, 9.17) is 0 Å². The van der Waals surface area contributed by atoms with Crippen molar-refractivity contribution in [1.82, 2.24) is 4.90 Å². The van der Waals surface area contributed by atoms with Crippen LogP contribution in [0.5, 0.6) is 0 Å². The average molecular weight is 415 g/mol. The quantitative estimate of drug-likeness (QED) is 0.318. The minimum absolute atomic E-state index is 0.0147. The number of amidine groups is 1. The topological polar surface area (TPSA) is 75.8 Å². The van der Waals surface area contributed by atoms with Crippen LogP contribution in [-0.2, 0) is 11.3 Å². The van der Waals surface area contributed by atoms with E-state index in [1.165, 1.54) is 23.9 Å². The first-order chi connectivity index (χ1) is 14.6. The standard InChI is InChI=1S/C23H17N3O3S/c27-22-21(15-18-10-7-13-20(14-18)26(28)29)30-23(24-19-11-5-2-6-12-19)25(22)16-17-8-3-1-4-9-17/h1-15H,16H2/b21-15+,24-23?. The number of hydrogen-bond acceptors (Lipinski definition) is 5. The van der Waals surface area contributed by atoms with Crippen LogP contribution < -0.4 is 0 Å². The molecule has 1 fully saturated rings. The van der Waals surface area contributed by atoms with Gasteiger partial charge >= 0.3 is 0 Å². The molecular weight excluding hydrogens is 398 g/mol. The molecule has 0 aliphatic carbocycles. The van der Waals surface area contributed by atoms with Crippen LogP contribution in [0.25, 0.3) is 6.08 Å². The number of benzene rings is 3. The smallest absolute Gasteiger partial charge is 0.270 e. The number of amides is 1. The number of carbonyl (C=O) groups excluding carboxylic acids is 1. The number of thioether (sulfide) groups is 1. The second kappa shape index (κ2) is 8.75. The van der Waals surface area contributed by atoms with Gasteiger partial charge in [0.1, 0.15) is 0 Å². The van der Waals surface area contributed by atoms with Gasteiger partial charge in [0.15, 0.2) is 5.17 Å². The monoisotopic (exact) mass is 415 g/mol. The molecule has 30 heavy (non-hydrogen) atoms. The van der Waals surface area contributed by atoms with Crippen molar-refractivity contribution in [2.24, 2.45) is 4.99 Å². The zero-order valence-electron chi connectivity index (χ0n) is 15.8. The molecule has 0 unspecified atom stereocenters. The van der Waals surface area contributed by atoms with Gasteiger partial charge in [-0.2, -0.15) is 0 Å². The van der Waals surface area contributed by atoms with Crippen LogP contribution in [0.15, 0.2) is 94.8 Å². The van der Waals surface area contributed by atoms with Crippen LogP contribution in [0.2, 0.25) is 0 Å². The van der Waals surface area contributed by atoms with E-state index in [2.05, 4.69) is 4.99 Å². The first-order valence-electron chi connectivity index (χ1n) is 9.24. The van der Waals surface area contributed by atoms with Crippen LogP contribution in [0.4, 0.5) is 11.4 Å². The third-order valence-electron chi connectivity index (χ3n) is 4.43. The second-order valence-electron chi connectivity index (χ2n) is 6.57. The van der Waals surface area contributed by atoms with Crippen molar-refractivity contribution < 1.29 is 9.72 Å². The van der Waals surface area contributed by atoms with Crippen molar-refractivity contribution in [3.63, 3.8) is 0 Å². The normalized spacial score (nSPS) is 16.4. The van der Waals surface area contributed by atoms with Gasteiger partial charge in [0.05, 0.1) is 22.1 Å². The molecular formula is C23H17N3O3S. The Labute approximate surface area is 177 Å². The van der Waals surface area contributed by atoms with Gasteiger partial charge in [0.2, 0.25) is 0 Å². The summed E-state index contributed by atoms with van der Waals surface area (Å²) in [5, 5.41) is 11.6. The number of carbonyl (C=O) groups is 1. The van der Waals surface area contributed by atoms with E-state index in [-0.39, 0.29) is 11.6 Å². The van der Waals surface area contributed by atoms with Crippen molar-refractivity contribution in [2.75, 3.05) is 0 Å². The molecule has 4 rings (SSSR count). The highest BCUT2D eigenvalue weighted by Crippen LogP contribution is 2.35. The number of aliphatic imine (C=N–C) groups is 1. The maximum absolute atomic E-state index is 13.2. The Kier molecular flexibility index (Phi) is 5.72. The lowest BCUT2D eigenvalue weighted by Gasteiger charge is -2.15. The Bertz CT molecular complexity index is 1140. The summed E-state index contributed by atoms with van der Waals surface area (Å²) in [4.78, 5) is 30.5. The fraction of sp³-hybridized carbons (Fsp3) is 0.0435. The first kappa shape index (κ1) is 19.6. The number of nitro benzene ring substituents is 1. The Balaban J connectivity index is 1.70. The van der Waals surface area contributed by atoms with Crippen LogP contribution in [-0.4, -0.2) is 20.9 Å². The predicted octanol–water partition coefficient (Wildman–Crippen LogP) is 5.40. The predicted molar refractivity (Wildman–Crippen MR) is 119 cm³/mol. The third-order valence-corrected chi connectivity index (χ3v) is 5.44. The van der Waals surface area contributed by atoms with E-state index in [1.807, 2.05) is 60.7 Å². The Morgan fingerprint density at radius 1 is 0.967 bits per heavy atom. The molecule has 1 heterocycles. The van der Waals surface area contributed by atoms with Crippen molar-refractivity contribution in [3.8, 4) is 0 Å². The molecule has 0 aromatic heterocycles. The van der Waals surface area contributed by atoms with Gasteiger partial charge in [0, 0.05) is 12.1 Å². The van der Waals surface area contributed by atoms with Crippen molar-refractivity contribution in [2.45, 2.75) is 6.54 Å². The van der Waals surface area contributed by atoms with Crippen LogP contribution >= 0.6 is 11.8 Å². The van der Waals surface area contributed by atoms with Gasteiger partial charge in [-0.1, -0.05) is 60.7 Å². The average Bonchev–Trinajstić information content (AvgIpc) is 3.04. The number of hydrogen-bond donors (Lipinski definition) is 0. The van der Waals surface area contributed by atoms with Crippen molar-refractivity contribution in [3.05, 3.63) is 111 Å². The minimum Gasteiger partial charge on any atom is -0.282 e. The Morgan fingerprint density at radius 3 is 2.37 bits per heavy atom. The largest absolute Gasteiger partial charge is 0.282 e. The second-order valence-corrected chi connectivity index (χ2v) is 7.58. The number of nitro groups is 1. The number of rotatable bonds is 5. The number of nitrogens with zero attached hydrogens (tertiary/aromatic N) is 3.